The van der Waals surface area contributed by atoms with Gasteiger partial charge in [0.1, 0.15) is 0 Å². The monoisotopic (exact) mass is 258 g/mol. The van der Waals surface area contributed by atoms with Gasteiger partial charge in [0.25, 0.3) is 0 Å². The molecule has 3 nitrogen and oxygen atoms in total. The fraction of sp³-hybridized carbons (Fsp3) is 0.562. The summed E-state index contributed by atoms with van der Waals surface area (Å²) in [6.07, 6.45) is 3.06. The van der Waals surface area contributed by atoms with E-state index in [1.807, 2.05) is 23.1 Å². The Kier molecular flexibility index (Phi) is 3.83. The van der Waals surface area contributed by atoms with Gasteiger partial charge < -0.3 is 10.2 Å². The van der Waals surface area contributed by atoms with Crippen LogP contribution in [0.15, 0.2) is 30.3 Å². The van der Waals surface area contributed by atoms with E-state index in [2.05, 4.69) is 17.4 Å². The quantitative estimate of drug-likeness (QED) is 0.880. The van der Waals surface area contributed by atoms with Gasteiger partial charge in [0, 0.05) is 19.5 Å². The lowest BCUT2D eigenvalue weighted by Gasteiger charge is -2.29. The molecule has 2 unspecified atom stereocenters. The van der Waals surface area contributed by atoms with Crippen LogP contribution >= 0.6 is 0 Å². The minimum atomic E-state index is 0.346. The van der Waals surface area contributed by atoms with Crippen LogP contribution in [0.25, 0.3) is 0 Å². The lowest BCUT2D eigenvalue weighted by Crippen LogP contribution is -2.36. The van der Waals surface area contributed by atoms with Gasteiger partial charge in [-0.15, -0.1) is 0 Å². The maximum Gasteiger partial charge on any atom is 0.223 e. The van der Waals surface area contributed by atoms with Gasteiger partial charge in [0.05, 0.1) is 0 Å². The number of amides is 1. The molecular weight excluding hydrogens is 236 g/mol. The van der Waals surface area contributed by atoms with Gasteiger partial charge >= 0.3 is 0 Å². The summed E-state index contributed by atoms with van der Waals surface area (Å²) >= 11 is 0. The molecule has 2 aliphatic heterocycles. The van der Waals surface area contributed by atoms with Gasteiger partial charge in [-0.1, -0.05) is 30.3 Å². The van der Waals surface area contributed by atoms with Crippen LogP contribution in [0.1, 0.15) is 24.8 Å². The highest BCUT2D eigenvalue weighted by molar-refractivity contribution is 5.76. The predicted molar refractivity (Wildman–Crippen MR) is 75.6 cm³/mol. The van der Waals surface area contributed by atoms with Crippen LogP contribution in [0.3, 0.4) is 0 Å². The number of nitrogens with zero attached hydrogens (tertiary/aromatic N) is 1. The Morgan fingerprint density at radius 2 is 2.00 bits per heavy atom. The van der Waals surface area contributed by atoms with Crippen molar-refractivity contribution in [3.63, 3.8) is 0 Å². The molecule has 2 aliphatic rings. The number of benzene rings is 1. The second-order valence-corrected chi connectivity index (χ2v) is 5.81. The summed E-state index contributed by atoms with van der Waals surface area (Å²) in [5, 5.41) is 3.46. The molecule has 2 saturated heterocycles. The molecule has 19 heavy (non-hydrogen) atoms. The average molecular weight is 258 g/mol. The second kappa shape index (κ2) is 5.74. The Bertz CT molecular complexity index is 432. The molecule has 1 N–H and O–H groups in total. The molecule has 102 valence electrons. The highest BCUT2D eigenvalue weighted by atomic mass is 16.2. The largest absolute Gasteiger partial charge is 0.338 e. The van der Waals surface area contributed by atoms with Crippen LogP contribution in [0.2, 0.25) is 0 Å². The number of hydrogen-bond acceptors (Lipinski definition) is 2. The third-order valence-corrected chi connectivity index (χ3v) is 4.54. The van der Waals surface area contributed by atoms with Gasteiger partial charge in [-0.2, -0.15) is 0 Å². The number of piperidine rings is 1. The van der Waals surface area contributed by atoms with Crippen LogP contribution in [-0.2, 0) is 11.3 Å². The highest BCUT2D eigenvalue weighted by Crippen LogP contribution is 2.29. The Hall–Kier alpha value is -1.35. The first kappa shape index (κ1) is 12.7. The van der Waals surface area contributed by atoms with Crippen molar-refractivity contribution in [3.05, 3.63) is 35.9 Å². The minimum absolute atomic E-state index is 0.346. The molecule has 0 bridgehead atoms. The van der Waals surface area contributed by atoms with Crippen molar-refractivity contribution in [1.29, 1.82) is 0 Å². The van der Waals surface area contributed by atoms with E-state index in [-0.39, 0.29) is 0 Å². The lowest BCUT2D eigenvalue weighted by molar-refractivity contribution is -0.132. The molecular formula is C16H22N2O. The van der Waals surface area contributed by atoms with Crippen molar-refractivity contribution >= 4 is 5.91 Å². The van der Waals surface area contributed by atoms with Crippen LogP contribution < -0.4 is 5.32 Å². The maximum absolute atomic E-state index is 12.4. The third kappa shape index (κ3) is 2.98. The molecule has 2 heterocycles. The van der Waals surface area contributed by atoms with E-state index >= 15 is 0 Å². The van der Waals surface area contributed by atoms with E-state index < -0.39 is 0 Å². The normalized spacial score (nSPS) is 27.8. The summed E-state index contributed by atoms with van der Waals surface area (Å²) in [6.45, 7) is 3.85. The number of fused-ring (bicyclic) bond motifs is 1. The van der Waals surface area contributed by atoms with Crippen molar-refractivity contribution in [2.24, 2.45) is 11.8 Å². The number of hydrogen-bond donors (Lipinski definition) is 1. The van der Waals surface area contributed by atoms with Gasteiger partial charge in [0.15, 0.2) is 0 Å². The van der Waals surface area contributed by atoms with Gasteiger partial charge in [-0.05, 0) is 43.3 Å². The zero-order valence-electron chi connectivity index (χ0n) is 11.3. The average Bonchev–Trinajstić information content (AvgIpc) is 2.60. The third-order valence-electron chi connectivity index (χ3n) is 4.54. The topological polar surface area (TPSA) is 32.3 Å². The summed E-state index contributed by atoms with van der Waals surface area (Å²) in [5.41, 5.74) is 1.24. The lowest BCUT2D eigenvalue weighted by atomic mass is 9.83. The molecule has 1 aromatic rings. The minimum Gasteiger partial charge on any atom is -0.338 e. The molecule has 0 spiro atoms. The van der Waals surface area contributed by atoms with Crippen molar-refractivity contribution < 1.29 is 4.79 Å². The van der Waals surface area contributed by atoms with E-state index in [0.717, 1.165) is 45.4 Å². The number of nitrogens with one attached hydrogen (secondary N) is 1. The molecule has 1 amide bonds. The van der Waals surface area contributed by atoms with Crippen LogP contribution in [-0.4, -0.2) is 30.4 Å². The number of carbonyl (C=O) groups excluding carboxylic acids is 1. The molecule has 2 atom stereocenters. The molecule has 2 fully saturated rings. The molecule has 0 aliphatic carbocycles. The number of likely N-dealkylation sites (tertiary alicyclic amines) is 1. The van der Waals surface area contributed by atoms with E-state index in [1.54, 1.807) is 0 Å². The molecule has 0 aromatic heterocycles. The van der Waals surface area contributed by atoms with Crippen LogP contribution in [0.5, 0.6) is 0 Å². The van der Waals surface area contributed by atoms with Gasteiger partial charge in [0.2, 0.25) is 5.91 Å². The zero-order valence-corrected chi connectivity index (χ0v) is 11.3. The Morgan fingerprint density at radius 3 is 2.84 bits per heavy atom. The number of carbonyl (C=O) groups is 1. The molecule has 3 heteroatoms. The first-order chi connectivity index (χ1) is 9.33. The van der Waals surface area contributed by atoms with E-state index in [4.69, 9.17) is 0 Å². The Labute approximate surface area is 115 Å². The molecule has 1 aromatic carbocycles. The van der Waals surface area contributed by atoms with Crippen LogP contribution in [0, 0.1) is 11.8 Å². The summed E-state index contributed by atoms with van der Waals surface area (Å²) in [7, 11) is 0. The van der Waals surface area contributed by atoms with Crippen molar-refractivity contribution in [2.75, 3.05) is 19.6 Å². The molecule has 3 rings (SSSR count). The maximum atomic E-state index is 12.4. The fourth-order valence-corrected chi connectivity index (χ4v) is 3.35. The van der Waals surface area contributed by atoms with Crippen molar-refractivity contribution in [2.45, 2.75) is 25.8 Å². The Morgan fingerprint density at radius 1 is 1.16 bits per heavy atom. The van der Waals surface area contributed by atoms with E-state index in [9.17, 15) is 4.79 Å². The molecule has 0 saturated carbocycles. The second-order valence-electron chi connectivity index (χ2n) is 5.81. The Balaban J connectivity index is 1.67. The van der Waals surface area contributed by atoms with E-state index in [1.165, 1.54) is 5.56 Å². The first-order valence-corrected chi connectivity index (χ1v) is 7.35. The van der Waals surface area contributed by atoms with Gasteiger partial charge in [-0.3, -0.25) is 4.79 Å². The number of rotatable bonds is 2. The fourth-order valence-electron chi connectivity index (χ4n) is 3.35. The van der Waals surface area contributed by atoms with Crippen LogP contribution in [0.4, 0.5) is 0 Å². The summed E-state index contributed by atoms with van der Waals surface area (Å²) < 4.78 is 0. The zero-order chi connectivity index (χ0) is 13.1. The predicted octanol–water partition coefficient (Wildman–Crippen LogP) is 2.03. The highest BCUT2D eigenvalue weighted by Gasteiger charge is 2.32. The van der Waals surface area contributed by atoms with Gasteiger partial charge in [-0.25, -0.2) is 0 Å². The SMILES string of the molecule is O=C1CC2CCNCC2CCN1Cc1ccccc1. The molecule has 0 radical (unpaired) electrons. The summed E-state index contributed by atoms with van der Waals surface area (Å²) in [6, 6.07) is 10.3. The smallest absolute Gasteiger partial charge is 0.223 e. The summed E-state index contributed by atoms with van der Waals surface area (Å²) in [5.74, 6) is 1.64. The summed E-state index contributed by atoms with van der Waals surface area (Å²) in [4.78, 5) is 14.4. The van der Waals surface area contributed by atoms with E-state index in [0.29, 0.717) is 17.7 Å². The first-order valence-electron chi connectivity index (χ1n) is 7.35. The van der Waals surface area contributed by atoms with Crippen molar-refractivity contribution in [1.82, 2.24) is 10.2 Å². The standard InChI is InChI=1S/C16H22N2O/c19-16-10-14-6-8-17-11-15(14)7-9-18(16)12-13-4-2-1-3-5-13/h1-5,14-15,17H,6-12H2. The van der Waals surface area contributed by atoms with Crippen molar-refractivity contribution in [3.8, 4) is 0 Å².